The Bertz CT molecular complexity index is 435. The first-order chi connectivity index (χ1) is 11.3. The molecule has 0 heterocycles. The van der Waals surface area contributed by atoms with E-state index in [1.165, 1.54) is 5.56 Å². The van der Waals surface area contributed by atoms with Gasteiger partial charge in [-0.05, 0) is 31.0 Å². The predicted molar refractivity (Wildman–Crippen MR) is 93.1 cm³/mol. The normalized spacial score (nSPS) is 11.3. The summed E-state index contributed by atoms with van der Waals surface area (Å²) in [7, 11) is 3.43. The molecule has 0 saturated heterocycles. The summed E-state index contributed by atoms with van der Waals surface area (Å²) in [6, 6.07) is 8.00. The van der Waals surface area contributed by atoms with Gasteiger partial charge in [-0.1, -0.05) is 12.1 Å². The third kappa shape index (κ3) is 9.05. The first kappa shape index (κ1) is 19.3. The molecule has 0 aliphatic rings. The van der Waals surface area contributed by atoms with Crippen LogP contribution in [0.1, 0.15) is 18.9 Å². The molecule has 1 rings (SSSR count). The van der Waals surface area contributed by atoms with Gasteiger partial charge in [0.1, 0.15) is 12.4 Å². The number of ether oxygens (including phenoxy) is 3. The maximum Gasteiger partial charge on any atom is 0.191 e. The minimum atomic E-state index is 0.562. The molecule has 1 aromatic rings. The van der Waals surface area contributed by atoms with E-state index in [1.807, 2.05) is 31.2 Å². The quantitative estimate of drug-likeness (QED) is 0.369. The van der Waals surface area contributed by atoms with Crippen LogP contribution in [-0.2, 0) is 16.0 Å². The lowest BCUT2D eigenvalue weighted by Gasteiger charge is -2.12. The third-order valence-electron chi connectivity index (χ3n) is 3.13. The molecule has 0 bridgehead atoms. The molecule has 0 radical (unpaired) electrons. The van der Waals surface area contributed by atoms with Gasteiger partial charge in [0.15, 0.2) is 5.96 Å². The maximum absolute atomic E-state index is 5.54. The molecule has 6 heteroatoms. The number of benzene rings is 1. The van der Waals surface area contributed by atoms with Crippen LogP contribution in [0.25, 0.3) is 0 Å². The molecule has 1 aromatic carbocycles. The standard InChI is InChI=1S/C17H29N3O3/c1-4-22-11-5-10-19-17(18-2)20-14-15-6-8-16(9-7-15)23-13-12-21-3/h6-9H,4-5,10-14H2,1-3H3,(H2,18,19,20). The number of hydrogen-bond acceptors (Lipinski definition) is 4. The Morgan fingerprint density at radius 1 is 1.09 bits per heavy atom. The van der Waals surface area contributed by atoms with Crippen molar-refractivity contribution >= 4 is 5.96 Å². The SMILES string of the molecule is CCOCCCNC(=NC)NCc1ccc(OCCOC)cc1. The minimum Gasteiger partial charge on any atom is -0.491 e. The summed E-state index contributed by atoms with van der Waals surface area (Å²) < 4.78 is 15.8. The Kier molecular flexibility index (Phi) is 10.7. The molecular weight excluding hydrogens is 294 g/mol. The third-order valence-corrected chi connectivity index (χ3v) is 3.13. The smallest absolute Gasteiger partial charge is 0.191 e. The molecule has 0 atom stereocenters. The number of nitrogens with zero attached hydrogens (tertiary/aromatic N) is 1. The number of aliphatic imine (C=N–C) groups is 1. The van der Waals surface area contributed by atoms with E-state index in [2.05, 4.69) is 15.6 Å². The average molecular weight is 323 g/mol. The summed E-state index contributed by atoms with van der Waals surface area (Å²) >= 11 is 0. The Morgan fingerprint density at radius 3 is 2.52 bits per heavy atom. The first-order valence-corrected chi connectivity index (χ1v) is 8.03. The van der Waals surface area contributed by atoms with Crippen LogP contribution in [-0.4, -0.2) is 53.1 Å². The van der Waals surface area contributed by atoms with Crippen molar-refractivity contribution in [2.45, 2.75) is 19.9 Å². The Balaban J connectivity index is 2.26. The summed E-state index contributed by atoms with van der Waals surface area (Å²) in [6.45, 7) is 6.24. The molecule has 23 heavy (non-hydrogen) atoms. The van der Waals surface area contributed by atoms with Gasteiger partial charge in [-0.15, -0.1) is 0 Å². The van der Waals surface area contributed by atoms with Crippen molar-refractivity contribution in [3.8, 4) is 5.75 Å². The van der Waals surface area contributed by atoms with Gasteiger partial charge in [0, 0.05) is 40.5 Å². The van der Waals surface area contributed by atoms with Gasteiger partial charge >= 0.3 is 0 Å². The number of rotatable bonds is 11. The number of nitrogens with one attached hydrogen (secondary N) is 2. The van der Waals surface area contributed by atoms with Crippen LogP contribution in [0.3, 0.4) is 0 Å². The first-order valence-electron chi connectivity index (χ1n) is 8.03. The van der Waals surface area contributed by atoms with Crippen molar-refractivity contribution in [2.24, 2.45) is 4.99 Å². The fourth-order valence-corrected chi connectivity index (χ4v) is 1.88. The molecule has 0 aliphatic heterocycles. The molecule has 0 amide bonds. The molecule has 0 fully saturated rings. The van der Waals surface area contributed by atoms with E-state index in [9.17, 15) is 0 Å². The second kappa shape index (κ2) is 12.7. The molecular formula is C17H29N3O3. The van der Waals surface area contributed by atoms with E-state index in [-0.39, 0.29) is 0 Å². The molecule has 0 aliphatic carbocycles. The summed E-state index contributed by atoms with van der Waals surface area (Å²) in [6.07, 6.45) is 0.960. The zero-order chi connectivity index (χ0) is 16.8. The van der Waals surface area contributed by atoms with E-state index < -0.39 is 0 Å². The Hall–Kier alpha value is -1.79. The molecule has 0 aromatic heterocycles. The average Bonchev–Trinajstić information content (AvgIpc) is 2.59. The van der Waals surface area contributed by atoms with E-state index in [1.54, 1.807) is 14.2 Å². The zero-order valence-electron chi connectivity index (χ0n) is 14.4. The summed E-state index contributed by atoms with van der Waals surface area (Å²) in [5, 5.41) is 6.55. The zero-order valence-corrected chi connectivity index (χ0v) is 14.4. The second-order valence-electron chi connectivity index (χ2n) is 4.89. The molecule has 0 spiro atoms. The molecule has 2 N–H and O–H groups in total. The van der Waals surface area contributed by atoms with Crippen LogP contribution in [0.2, 0.25) is 0 Å². The minimum absolute atomic E-state index is 0.562. The largest absolute Gasteiger partial charge is 0.491 e. The fourth-order valence-electron chi connectivity index (χ4n) is 1.88. The van der Waals surface area contributed by atoms with Crippen molar-refractivity contribution in [2.75, 3.05) is 47.1 Å². The lowest BCUT2D eigenvalue weighted by Crippen LogP contribution is -2.37. The molecule has 0 saturated carbocycles. The lowest BCUT2D eigenvalue weighted by atomic mass is 10.2. The lowest BCUT2D eigenvalue weighted by molar-refractivity contribution is 0.145. The Labute approximate surface area is 139 Å². The van der Waals surface area contributed by atoms with Gasteiger partial charge in [-0.25, -0.2) is 0 Å². The molecule has 0 unspecified atom stereocenters. The topological polar surface area (TPSA) is 64.1 Å². The van der Waals surface area contributed by atoms with Crippen molar-refractivity contribution in [3.63, 3.8) is 0 Å². The fraction of sp³-hybridized carbons (Fsp3) is 0.588. The van der Waals surface area contributed by atoms with Crippen LogP contribution in [0.15, 0.2) is 29.3 Å². The van der Waals surface area contributed by atoms with Crippen LogP contribution in [0.4, 0.5) is 0 Å². The van der Waals surface area contributed by atoms with Crippen molar-refractivity contribution in [1.82, 2.24) is 10.6 Å². The maximum atomic E-state index is 5.54. The highest BCUT2D eigenvalue weighted by Crippen LogP contribution is 2.11. The summed E-state index contributed by atoms with van der Waals surface area (Å²) in [5.41, 5.74) is 1.17. The van der Waals surface area contributed by atoms with Crippen LogP contribution in [0.5, 0.6) is 5.75 Å². The van der Waals surface area contributed by atoms with E-state index in [0.717, 1.165) is 37.9 Å². The van der Waals surface area contributed by atoms with Gasteiger partial charge in [0.25, 0.3) is 0 Å². The summed E-state index contributed by atoms with van der Waals surface area (Å²) in [5.74, 6) is 1.64. The van der Waals surface area contributed by atoms with E-state index >= 15 is 0 Å². The predicted octanol–water partition coefficient (Wildman–Crippen LogP) is 1.80. The summed E-state index contributed by atoms with van der Waals surface area (Å²) in [4.78, 5) is 4.20. The number of hydrogen-bond donors (Lipinski definition) is 2. The highest BCUT2D eigenvalue weighted by molar-refractivity contribution is 5.79. The van der Waals surface area contributed by atoms with Gasteiger partial charge in [0.05, 0.1) is 6.61 Å². The molecule has 130 valence electrons. The highest BCUT2D eigenvalue weighted by atomic mass is 16.5. The highest BCUT2D eigenvalue weighted by Gasteiger charge is 1.99. The van der Waals surface area contributed by atoms with Crippen LogP contribution >= 0.6 is 0 Å². The second-order valence-corrected chi connectivity index (χ2v) is 4.89. The van der Waals surface area contributed by atoms with Gasteiger partial charge < -0.3 is 24.8 Å². The number of methoxy groups -OCH3 is 1. The van der Waals surface area contributed by atoms with Crippen molar-refractivity contribution in [1.29, 1.82) is 0 Å². The van der Waals surface area contributed by atoms with Crippen LogP contribution in [0, 0.1) is 0 Å². The Morgan fingerprint density at radius 2 is 1.87 bits per heavy atom. The van der Waals surface area contributed by atoms with E-state index in [0.29, 0.717) is 19.8 Å². The molecule has 6 nitrogen and oxygen atoms in total. The van der Waals surface area contributed by atoms with Gasteiger partial charge in [-0.3, -0.25) is 4.99 Å². The van der Waals surface area contributed by atoms with Gasteiger partial charge in [0.2, 0.25) is 0 Å². The number of guanidine groups is 1. The van der Waals surface area contributed by atoms with Crippen molar-refractivity contribution in [3.05, 3.63) is 29.8 Å². The van der Waals surface area contributed by atoms with E-state index in [4.69, 9.17) is 14.2 Å². The van der Waals surface area contributed by atoms with Gasteiger partial charge in [-0.2, -0.15) is 0 Å². The van der Waals surface area contributed by atoms with Crippen molar-refractivity contribution < 1.29 is 14.2 Å². The van der Waals surface area contributed by atoms with Crippen LogP contribution < -0.4 is 15.4 Å². The monoisotopic (exact) mass is 323 g/mol.